The van der Waals surface area contributed by atoms with E-state index in [0.717, 1.165) is 16.6 Å². The Morgan fingerprint density at radius 1 is 1.05 bits per heavy atom. The molecule has 3 rings (SSSR count). The van der Waals surface area contributed by atoms with Gasteiger partial charge in [-0.3, -0.25) is 0 Å². The molecule has 1 aliphatic carbocycles. The first kappa shape index (κ1) is 14.8. The molecule has 0 saturated heterocycles. The van der Waals surface area contributed by atoms with Crippen molar-refractivity contribution in [2.45, 2.75) is 38.0 Å². The van der Waals surface area contributed by atoms with Gasteiger partial charge in [0.05, 0.1) is 6.61 Å². The predicted molar refractivity (Wildman–Crippen MR) is 89.1 cm³/mol. The monoisotopic (exact) mass is 345 g/mol. The molecule has 0 radical (unpaired) electrons. The molecule has 0 bridgehead atoms. The van der Waals surface area contributed by atoms with Crippen LogP contribution in [0.3, 0.4) is 0 Å². The van der Waals surface area contributed by atoms with Gasteiger partial charge < -0.3 is 10.4 Å². The molecule has 0 aliphatic heterocycles. The summed E-state index contributed by atoms with van der Waals surface area (Å²) in [5.41, 5.74) is 3.66. The van der Waals surface area contributed by atoms with Crippen molar-refractivity contribution < 1.29 is 5.11 Å². The van der Waals surface area contributed by atoms with Crippen LogP contribution in [0.15, 0.2) is 53.0 Å². The number of hydrogen-bond acceptors (Lipinski definition) is 2. The zero-order chi connectivity index (χ0) is 14.7. The van der Waals surface area contributed by atoms with Crippen LogP contribution in [0.5, 0.6) is 0 Å². The normalized spacial score (nSPS) is 21.0. The highest BCUT2D eigenvalue weighted by atomic mass is 79.9. The molecule has 2 aromatic carbocycles. The summed E-state index contributed by atoms with van der Waals surface area (Å²) in [6, 6.07) is 17.4. The molecule has 0 unspecified atom stereocenters. The zero-order valence-corrected chi connectivity index (χ0v) is 13.5. The fourth-order valence-corrected chi connectivity index (χ4v) is 3.33. The Hall–Kier alpha value is -1.16. The second-order valence-corrected chi connectivity index (χ2v) is 6.69. The van der Waals surface area contributed by atoms with Crippen LogP contribution in [0.4, 0.5) is 0 Å². The Morgan fingerprint density at radius 3 is 2.57 bits per heavy atom. The number of benzene rings is 2. The molecular weight excluding hydrogens is 326 g/mol. The summed E-state index contributed by atoms with van der Waals surface area (Å²) >= 11 is 3.54. The van der Waals surface area contributed by atoms with E-state index in [0.29, 0.717) is 12.0 Å². The lowest BCUT2D eigenvalue weighted by molar-refractivity contribution is 0.281. The van der Waals surface area contributed by atoms with E-state index in [4.69, 9.17) is 5.11 Å². The lowest BCUT2D eigenvalue weighted by atomic mass is 9.76. The molecule has 0 aromatic heterocycles. The third kappa shape index (κ3) is 3.73. The maximum Gasteiger partial charge on any atom is 0.0681 e. The van der Waals surface area contributed by atoms with Crippen LogP contribution < -0.4 is 5.32 Å². The number of aliphatic hydroxyl groups excluding tert-OH is 1. The van der Waals surface area contributed by atoms with Gasteiger partial charge in [-0.15, -0.1) is 0 Å². The Morgan fingerprint density at radius 2 is 1.81 bits per heavy atom. The highest BCUT2D eigenvalue weighted by molar-refractivity contribution is 9.10. The standard InChI is InChI=1S/C18H20BrNO/c19-17-6-2-5-15(8-17)16-9-18(10-16)20-11-13-3-1-4-14(7-13)12-21/h1-8,16,18,20-21H,9-12H2. The molecule has 0 amide bonds. The molecule has 1 saturated carbocycles. The largest absolute Gasteiger partial charge is 0.392 e. The molecule has 21 heavy (non-hydrogen) atoms. The first-order valence-electron chi connectivity index (χ1n) is 7.42. The van der Waals surface area contributed by atoms with Gasteiger partial charge in [0.25, 0.3) is 0 Å². The van der Waals surface area contributed by atoms with Crippen molar-refractivity contribution in [2.24, 2.45) is 0 Å². The summed E-state index contributed by atoms with van der Waals surface area (Å²) in [6.45, 7) is 0.992. The molecule has 0 atom stereocenters. The third-order valence-corrected chi connectivity index (χ3v) is 4.72. The molecule has 0 heterocycles. The van der Waals surface area contributed by atoms with Crippen molar-refractivity contribution in [3.8, 4) is 0 Å². The van der Waals surface area contributed by atoms with Crippen LogP contribution in [-0.4, -0.2) is 11.1 Å². The summed E-state index contributed by atoms with van der Waals surface area (Å²) in [5, 5.41) is 12.8. The van der Waals surface area contributed by atoms with E-state index in [1.807, 2.05) is 12.1 Å². The van der Waals surface area contributed by atoms with Crippen molar-refractivity contribution >= 4 is 15.9 Å². The SMILES string of the molecule is OCc1cccc(CNC2CC(c3cccc(Br)c3)C2)c1. The molecule has 2 nitrogen and oxygen atoms in total. The molecular formula is C18H20BrNO. The molecule has 0 spiro atoms. The second kappa shape index (κ2) is 6.73. The summed E-state index contributed by atoms with van der Waals surface area (Å²) in [6.07, 6.45) is 2.41. The average molecular weight is 346 g/mol. The number of hydrogen-bond donors (Lipinski definition) is 2. The van der Waals surface area contributed by atoms with Gasteiger partial charge in [-0.2, -0.15) is 0 Å². The van der Waals surface area contributed by atoms with E-state index < -0.39 is 0 Å². The van der Waals surface area contributed by atoms with Crippen LogP contribution in [0.2, 0.25) is 0 Å². The zero-order valence-electron chi connectivity index (χ0n) is 11.9. The highest BCUT2D eigenvalue weighted by Gasteiger charge is 2.29. The van der Waals surface area contributed by atoms with Gasteiger partial charge in [0.1, 0.15) is 0 Å². The van der Waals surface area contributed by atoms with Crippen LogP contribution in [0, 0.1) is 0 Å². The van der Waals surface area contributed by atoms with Crippen molar-refractivity contribution in [2.75, 3.05) is 0 Å². The first-order valence-corrected chi connectivity index (χ1v) is 8.21. The van der Waals surface area contributed by atoms with Gasteiger partial charge in [0, 0.05) is 17.1 Å². The minimum atomic E-state index is 0.113. The number of rotatable bonds is 5. The Balaban J connectivity index is 1.49. The topological polar surface area (TPSA) is 32.3 Å². The van der Waals surface area contributed by atoms with Gasteiger partial charge in [-0.1, -0.05) is 52.3 Å². The molecule has 2 N–H and O–H groups in total. The van der Waals surface area contributed by atoms with Crippen molar-refractivity contribution in [3.63, 3.8) is 0 Å². The van der Waals surface area contributed by atoms with Gasteiger partial charge in [-0.25, -0.2) is 0 Å². The highest BCUT2D eigenvalue weighted by Crippen LogP contribution is 2.37. The summed E-state index contributed by atoms with van der Waals surface area (Å²) < 4.78 is 1.16. The van der Waals surface area contributed by atoms with E-state index in [1.54, 1.807) is 0 Å². The Bertz CT molecular complexity index is 608. The van der Waals surface area contributed by atoms with Crippen molar-refractivity contribution in [1.29, 1.82) is 0 Å². The lowest BCUT2D eigenvalue weighted by Gasteiger charge is -2.36. The van der Waals surface area contributed by atoms with E-state index in [-0.39, 0.29) is 6.61 Å². The van der Waals surface area contributed by atoms with E-state index in [9.17, 15) is 0 Å². The number of halogens is 1. The third-order valence-electron chi connectivity index (χ3n) is 4.23. The van der Waals surface area contributed by atoms with Crippen LogP contribution >= 0.6 is 15.9 Å². The van der Waals surface area contributed by atoms with Gasteiger partial charge >= 0.3 is 0 Å². The Kier molecular flexibility index (Phi) is 4.73. The minimum Gasteiger partial charge on any atom is -0.392 e. The lowest BCUT2D eigenvalue weighted by Crippen LogP contribution is -2.39. The van der Waals surface area contributed by atoms with Crippen LogP contribution in [0.1, 0.15) is 35.4 Å². The molecule has 3 heteroatoms. The van der Waals surface area contributed by atoms with E-state index >= 15 is 0 Å². The second-order valence-electron chi connectivity index (χ2n) is 5.78. The molecule has 2 aromatic rings. The van der Waals surface area contributed by atoms with Gasteiger partial charge in [-0.05, 0) is 47.6 Å². The summed E-state index contributed by atoms with van der Waals surface area (Å²) in [7, 11) is 0. The smallest absolute Gasteiger partial charge is 0.0681 e. The van der Waals surface area contributed by atoms with Crippen LogP contribution in [-0.2, 0) is 13.2 Å². The average Bonchev–Trinajstić information content (AvgIpc) is 2.46. The van der Waals surface area contributed by atoms with Crippen LogP contribution in [0.25, 0.3) is 0 Å². The first-order chi connectivity index (χ1) is 10.2. The van der Waals surface area contributed by atoms with Crippen molar-refractivity contribution in [3.05, 3.63) is 69.7 Å². The molecule has 110 valence electrons. The van der Waals surface area contributed by atoms with Gasteiger partial charge in [0.2, 0.25) is 0 Å². The maximum atomic E-state index is 9.16. The summed E-state index contributed by atoms with van der Waals surface area (Å²) in [5.74, 6) is 0.684. The molecule has 1 fully saturated rings. The molecule has 1 aliphatic rings. The van der Waals surface area contributed by atoms with Crippen molar-refractivity contribution in [1.82, 2.24) is 5.32 Å². The fraction of sp³-hybridized carbons (Fsp3) is 0.333. The number of nitrogens with one attached hydrogen (secondary N) is 1. The quantitative estimate of drug-likeness (QED) is 0.858. The maximum absolute atomic E-state index is 9.16. The fourth-order valence-electron chi connectivity index (χ4n) is 2.92. The van der Waals surface area contributed by atoms with E-state index in [1.165, 1.54) is 24.0 Å². The van der Waals surface area contributed by atoms with Gasteiger partial charge in [0.15, 0.2) is 0 Å². The minimum absolute atomic E-state index is 0.113. The van der Waals surface area contributed by atoms with E-state index in [2.05, 4.69) is 57.6 Å². The Labute approximate surface area is 134 Å². The number of aliphatic hydroxyl groups is 1. The summed E-state index contributed by atoms with van der Waals surface area (Å²) in [4.78, 5) is 0. The predicted octanol–water partition coefficient (Wildman–Crippen LogP) is 3.98.